The number of allylic oxidation sites excluding steroid dienone is 2. The highest BCUT2D eigenvalue weighted by Crippen LogP contribution is 2.28. The molecule has 1 aromatic carbocycles. The Balaban J connectivity index is 2.52. The zero-order chi connectivity index (χ0) is 11.8. The van der Waals surface area contributed by atoms with Gasteiger partial charge >= 0.3 is 0 Å². The Bertz CT molecular complexity index is 499. The van der Waals surface area contributed by atoms with Crippen molar-refractivity contribution in [3.8, 4) is 0 Å². The van der Waals surface area contributed by atoms with Crippen LogP contribution in [0.25, 0.3) is 0 Å². The summed E-state index contributed by atoms with van der Waals surface area (Å²) in [7, 11) is 2.13. The van der Waals surface area contributed by atoms with E-state index in [1.54, 1.807) is 0 Å². The highest BCUT2D eigenvalue weighted by molar-refractivity contribution is 7.80. The molecule has 0 N–H and O–H groups in total. The van der Waals surface area contributed by atoms with Gasteiger partial charge in [0.2, 0.25) is 4.99 Å². The second kappa shape index (κ2) is 3.96. The van der Waals surface area contributed by atoms with Gasteiger partial charge in [-0.15, -0.1) is 0 Å². The van der Waals surface area contributed by atoms with Crippen molar-refractivity contribution >= 4 is 22.9 Å². The Morgan fingerprint density at radius 3 is 2.62 bits per heavy atom. The first-order chi connectivity index (χ1) is 7.54. The second-order valence-electron chi connectivity index (χ2n) is 4.41. The average Bonchev–Trinajstić information content (AvgIpc) is 2.26. The average molecular weight is 230 g/mol. The number of hydrogen-bond donors (Lipinski definition) is 0. The third-order valence-corrected chi connectivity index (χ3v) is 3.73. The van der Waals surface area contributed by atoms with Crippen LogP contribution in [0.4, 0.5) is 5.69 Å². The summed E-state index contributed by atoms with van der Waals surface area (Å²) < 4.78 is 0.597. The number of thiocarbonyl (C=S) groups is 1. The molecule has 0 fully saturated rings. The van der Waals surface area contributed by atoms with Gasteiger partial charge in [-0.05, 0) is 49.8 Å². The first kappa shape index (κ1) is 11.2. The molecule has 0 bridgehead atoms. The minimum Gasteiger partial charge on any atom is -0.225 e. The van der Waals surface area contributed by atoms with Gasteiger partial charge in [0.1, 0.15) is 11.9 Å². The number of rotatable bonds is 1. The van der Waals surface area contributed by atoms with Crippen LogP contribution in [0.1, 0.15) is 12.5 Å². The molecule has 1 atom stereocenters. The highest BCUT2D eigenvalue weighted by Gasteiger charge is 2.31. The Hall–Kier alpha value is -1.25. The van der Waals surface area contributed by atoms with Gasteiger partial charge < -0.3 is 0 Å². The van der Waals surface area contributed by atoms with Crippen molar-refractivity contribution in [2.24, 2.45) is 0 Å². The lowest BCUT2D eigenvalue weighted by Gasteiger charge is -2.31. The molecule has 0 amide bonds. The van der Waals surface area contributed by atoms with E-state index in [0.29, 0.717) is 4.48 Å². The molecule has 16 heavy (non-hydrogen) atoms. The number of aryl methyl sites for hydroxylation is 1. The van der Waals surface area contributed by atoms with Crippen molar-refractivity contribution in [3.63, 3.8) is 0 Å². The molecular formula is C14H16NS+. The summed E-state index contributed by atoms with van der Waals surface area (Å²) in [5.74, 6) is 0. The molecule has 0 aliphatic carbocycles. The van der Waals surface area contributed by atoms with E-state index in [2.05, 4.69) is 63.5 Å². The summed E-state index contributed by atoms with van der Waals surface area (Å²) in [5, 5.41) is 0. The number of hydrogen-bond acceptors (Lipinski definition) is 1. The molecule has 2 rings (SSSR count). The molecule has 1 heterocycles. The molecule has 0 saturated carbocycles. The van der Waals surface area contributed by atoms with Crippen LogP contribution in [0.15, 0.2) is 48.2 Å². The molecule has 82 valence electrons. The van der Waals surface area contributed by atoms with E-state index in [4.69, 9.17) is 12.2 Å². The van der Waals surface area contributed by atoms with Gasteiger partial charge in [-0.3, -0.25) is 0 Å². The van der Waals surface area contributed by atoms with E-state index < -0.39 is 0 Å². The van der Waals surface area contributed by atoms with Crippen molar-refractivity contribution in [3.05, 3.63) is 53.8 Å². The summed E-state index contributed by atoms with van der Waals surface area (Å²) in [4.78, 5) is 0.966. The van der Waals surface area contributed by atoms with Gasteiger partial charge in [-0.2, -0.15) is 0 Å². The normalized spacial score (nSPS) is 24.4. The standard InChI is InChI=1S/C14H16NS/c1-11-6-4-8-13(10-11)15(3)9-5-7-12(2)14(15)16/h4-10H,1-3H3/q+1. The third kappa shape index (κ3) is 1.75. The molecule has 1 nitrogen and oxygen atoms in total. The van der Waals surface area contributed by atoms with Crippen molar-refractivity contribution in [2.75, 3.05) is 7.05 Å². The number of quaternary nitrogens is 1. The summed E-state index contributed by atoms with van der Waals surface area (Å²) in [6.07, 6.45) is 6.27. The maximum absolute atomic E-state index is 5.54. The van der Waals surface area contributed by atoms with Gasteiger partial charge in [0, 0.05) is 11.6 Å². The van der Waals surface area contributed by atoms with Crippen molar-refractivity contribution in [1.82, 2.24) is 4.48 Å². The molecule has 1 unspecified atom stereocenters. The van der Waals surface area contributed by atoms with E-state index in [1.807, 2.05) is 0 Å². The minimum absolute atomic E-state index is 0.597. The Morgan fingerprint density at radius 2 is 1.94 bits per heavy atom. The monoisotopic (exact) mass is 230 g/mol. The quantitative estimate of drug-likeness (QED) is 0.523. The minimum atomic E-state index is 0.597. The highest BCUT2D eigenvalue weighted by atomic mass is 32.1. The second-order valence-corrected chi connectivity index (χ2v) is 4.80. The van der Waals surface area contributed by atoms with Crippen LogP contribution in [-0.4, -0.2) is 12.0 Å². The van der Waals surface area contributed by atoms with Crippen molar-refractivity contribution < 1.29 is 0 Å². The SMILES string of the molecule is CC1=CC=C[N+](C)(c2cccc(C)c2)C1=S. The largest absolute Gasteiger partial charge is 0.225 e. The fraction of sp³-hybridized carbons (Fsp3) is 0.214. The van der Waals surface area contributed by atoms with Crippen LogP contribution >= 0.6 is 12.2 Å². The van der Waals surface area contributed by atoms with Crippen LogP contribution < -0.4 is 4.48 Å². The van der Waals surface area contributed by atoms with E-state index in [-0.39, 0.29) is 0 Å². The van der Waals surface area contributed by atoms with Gasteiger partial charge in [-0.25, -0.2) is 4.48 Å². The molecule has 1 aromatic rings. The predicted octanol–water partition coefficient (Wildman–Crippen LogP) is 3.73. The summed E-state index contributed by atoms with van der Waals surface area (Å²) in [5.41, 5.74) is 3.65. The smallest absolute Gasteiger partial charge is 0.210 e. The lowest BCUT2D eigenvalue weighted by atomic mass is 10.1. The van der Waals surface area contributed by atoms with E-state index in [0.717, 1.165) is 4.99 Å². The number of benzene rings is 1. The molecule has 0 spiro atoms. The van der Waals surface area contributed by atoms with Crippen LogP contribution in [0, 0.1) is 6.92 Å². The van der Waals surface area contributed by atoms with Crippen molar-refractivity contribution in [1.29, 1.82) is 0 Å². The third-order valence-electron chi connectivity index (χ3n) is 3.03. The van der Waals surface area contributed by atoms with Gasteiger partial charge in [-0.1, -0.05) is 12.1 Å². The summed E-state index contributed by atoms with van der Waals surface area (Å²) >= 11 is 5.54. The lowest BCUT2D eigenvalue weighted by molar-refractivity contribution is 0.659. The molecule has 2 heteroatoms. The first-order valence-electron chi connectivity index (χ1n) is 5.38. The maximum atomic E-state index is 5.54. The van der Waals surface area contributed by atoms with Crippen molar-refractivity contribution in [2.45, 2.75) is 13.8 Å². The fourth-order valence-corrected chi connectivity index (χ4v) is 2.22. The van der Waals surface area contributed by atoms with Crippen LogP contribution in [0.3, 0.4) is 0 Å². The van der Waals surface area contributed by atoms with E-state index in [1.165, 1.54) is 16.8 Å². The van der Waals surface area contributed by atoms with Gasteiger partial charge in [0.15, 0.2) is 0 Å². The number of likely N-dealkylation sites (N-methyl/N-ethyl adjacent to an activating group) is 1. The van der Waals surface area contributed by atoms with Crippen LogP contribution in [0.5, 0.6) is 0 Å². The number of nitrogens with zero attached hydrogens (tertiary/aromatic N) is 1. The zero-order valence-corrected chi connectivity index (χ0v) is 10.7. The molecule has 0 saturated heterocycles. The lowest BCUT2D eigenvalue weighted by Crippen LogP contribution is -2.46. The molecular weight excluding hydrogens is 214 g/mol. The fourth-order valence-electron chi connectivity index (χ4n) is 1.99. The molecule has 0 radical (unpaired) electrons. The first-order valence-corrected chi connectivity index (χ1v) is 5.79. The van der Waals surface area contributed by atoms with Gasteiger partial charge in [0.05, 0.1) is 7.05 Å². The Labute approximate surface area is 102 Å². The molecule has 1 aliphatic heterocycles. The van der Waals surface area contributed by atoms with Gasteiger partial charge in [0.25, 0.3) is 0 Å². The van der Waals surface area contributed by atoms with Crippen LogP contribution in [-0.2, 0) is 0 Å². The summed E-state index contributed by atoms with van der Waals surface area (Å²) in [6, 6.07) is 8.50. The topological polar surface area (TPSA) is 0 Å². The van der Waals surface area contributed by atoms with E-state index >= 15 is 0 Å². The molecule has 0 aromatic heterocycles. The van der Waals surface area contributed by atoms with Crippen LogP contribution in [0.2, 0.25) is 0 Å². The Morgan fingerprint density at radius 1 is 1.19 bits per heavy atom. The maximum Gasteiger partial charge on any atom is 0.210 e. The summed E-state index contributed by atoms with van der Waals surface area (Å²) in [6.45, 7) is 4.17. The zero-order valence-electron chi connectivity index (χ0n) is 9.90. The Kier molecular flexibility index (Phi) is 2.78. The predicted molar refractivity (Wildman–Crippen MR) is 74.4 cm³/mol. The van der Waals surface area contributed by atoms with E-state index in [9.17, 15) is 0 Å². The molecule has 1 aliphatic rings.